The molecule has 1 fully saturated rings. The number of nitrogens with one attached hydrogen (secondary N) is 1. The summed E-state index contributed by atoms with van der Waals surface area (Å²) in [5.74, 6) is 0.526. The Morgan fingerprint density at radius 1 is 1.29 bits per heavy atom. The average Bonchev–Trinajstić information content (AvgIpc) is 2.77. The van der Waals surface area contributed by atoms with Gasteiger partial charge in [0.05, 0.1) is 6.61 Å². The molecule has 98 valence electrons. The maximum atomic E-state index is 11.5. The fourth-order valence-corrected chi connectivity index (χ4v) is 2.24. The van der Waals surface area contributed by atoms with Gasteiger partial charge in [-0.1, -0.05) is 12.8 Å². The fraction of sp³-hybridized carbons (Fsp3) is 0.846. The second kappa shape index (κ2) is 8.09. The molecule has 1 N–H and O–H groups in total. The van der Waals surface area contributed by atoms with Gasteiger partial charge in [-0.25, -0.2) is 0 Å². The predicted octanol–water partition coefficient (Wildman–Crippen LogP) is 2.03. The van der Waals surface area contributed by atoms with Crippen LogP contribution in [0.4, 0.5) is 0 Å². The third-order valence-electron chi connectivity index (χ3n) is 3.13. The SMILES string of the molecule is CCOC(=O)CCCNC(=O)CC1CCCC1. The molecule has 1 aliphatic rings. The highest BCUT2D eigenvalue weighted by molar-refractivity contribution is 5.76. The molecule has 0 unspecified atom stereocenters. The normalized spacial score (nSPS) is 15.8. The molecule has 1 rings (SSSR count). The third-order valence-corrected chi connectivity index (χ3v) is 3.13. The number of carbonyl (C=O) groups is 2. The van der Waals surface area contributed by atoms with Crippen molar-refractivity contribution in [2.75, 3.05) is 13.2 Å². The molecule has 0 spiro atoms. The molecule has 0 aromatic rings. The monoisotopic (exact) mass is 241 g/mol. The minimum absolute atomic E-state index is 0.126. The highest BCUT2D eigenvalue weighted by Crippen LogP contribution is 2.27. The lowest BCUT2D eigenvalue weighted by Gasteiger charge is -2.09. The van der Waals surface area contributed by atoms with Crippen LogP contribution in [0, 0.1) is 5.92 Å². The lowest BCUT2D eigenvalue weighted by molar-refractivity contribution is -0.143. The van der Waals surface area contributed by atoms with E-state index in [-0.39, 0.29) is 11.9 Å². The van der Waals surface area contributed by atoms with Crippen LogP contribution in [0.2, 0.25) is 0 Å². The van der Waals surface area contributed by atoms with E-state index in [1.165, 1.54) is 25.7 Å². The van der Waals surface area contributed by atoms with Crippen molar-refractivity contribution in [2.24, 2.45) is 5.92 Å². The molecule has 0 saturated heterocycles. The van der Waals surface area contributed by atoms with E-state index < -0.39 is 0 Å². The van der Waals surface area contributed by atoms with Gasteiger partial charge in [-0.05, 0) is 32.1 Å². The van der Waals surface area contributed by atoms with Gasteiger partial charge in [-0.3, -0.25) is 9.59 Å². The molecule has 1 amide bonds. The summed E-state index contributed by atoms with van der Waals surface area (Å²) in [6.07, 6.45) is 6.61. The van der Waals surface area contributed by atoms with Crippen molar-refractivity contribution in [1.82, 2.24) is 5.32 Å². The minimum atomic E-state index is -0.183. The molecular formula is C13H23NO3. The van der Waals surface area contributed by atoms with Gasteiger partial charge in [0.25, 0.3) is 0 Å². The first-order chi connectivity index (χ1) is 8.22. The molecule has 1 aliphatic carbocycles. The van der Waals surface area contributed by atoms with E-state index in [4.69, 9.17) is 4.74 Å². The van der Waals surface area contributed by atoms with Crippen LogP contribution in [0.25, 0.3) is 0 Å². The van der Waals surface area contributed by atoms with Crippen LogP contribution in [-0.2, 0) is 14.3 Å². The van der Waals surface area contributed by atoms with Gasteiger partial charge in [-0.15, -0.1) is 0 Å². The van der Waals surface area contributed by atoms with Crippen molar-refractivity contribution in [3.05, 3.63) is 0 Å². The first kappa shape index (κ1) is 14.0. The molecule has 1 saturated carbocycles. The van der Waals surface area contributed by atoms with E-state index in [9.17, 15) is 9.59 Å². The quantitative estimate of drug-likeness (QED) is 0.548. The van der Waals surface area contributed by atoms with Gasteiger partial charge in [0.15, 0.2) is 0 Å². The fourth-order valence-electron chi connectivity index (χ4n) is 2.24. The zero-order valence-electron chi connectivity index (χ0n) is 10.7. The summed E-state index contributed by atoms with van der Waals surface area (Å²) in [5.41, 5.74) is 0. The van der Waals surface area contributed by atoms with Crippen LogP contribution < -0.4 is 5.32 Å². The number of rotatable bonds is 7. The second-order valence-electron chi connectivity index (χ2n) is 4.61. The summed E-state index contributed by atoms with van der Waals surface area (Å²) in [6, 6.07) is 0. The highest BCUT2D eigenvalue weighted by Gasteiger charge is 2.17. The summed E-state index contributed by atoms with van der Waals surface area (Å²) in [6.45, 7) is 2.79. The van der Waals surface area contributed by atoms with Crippen molar-refractivity contribution < 1.29 is 14.3 Å². The largest absolute Gasteiger partial charge is 0.466 e. The molecule has 0 radical (unpaired) electrons. The summed E-state index contributed by atoms with van der Waals surface area (Å²) in [5, 5.41) is 2.86. The van der Waals surface area contributed by atoms with Gasteiger partial charge >= 0.3 is 5.97 Å². The van der Waals surface area contributed by atoms with Crippen molar-refractivity contribution >= 4 is 11.9 Å². The minimum Gasteiger partial charge on any atom is -0.466 e. The standard InChI is InChI=1S/C13H23NO3/c1-2-17-13(16)8-5-9-14-12(15)10-11-6-3-4-7-11/h11H,2-10H2,1H3,(H,14,15). The Kier molecular flexibility index (Phi) is 6.67. The molecule has 0 bridgehead atoms. The molecule has 4 heteroatoms. The van der Waals surface area contributed by atoms with Gasteiger partial charge in [0.2, 0.25) is 5.91 Å². The van der Waals surface area contributed by atoms with E-state index in [1.54, 1.807) is 6.92 Å². The smallest absolute Gasteiger partial charge is 0.305 e. The van der Waals surface area contributed by atoms with Crippen LogP contribution in [0.1, 0.15) is 51.9 Å². The Hall–Kier alpha value is -1.06. The van der Waals surface area contributed by atoms with Gasteiger partial charge in [0.1, 0.15) is 0 Å². The van der Waals surface area contributed by atoms with E-state index in [1.807, 2.05) is 0 Å². The summed E-state index contributed by atoms with van der Waals surface area (Å²) < 4.78 is 4.80. The first-order valence-electron chi connectivity index (χ1n) is 6.64. The third kappa shape index (κ3) is 6.29. The van der Waals surface area contributed by atoms with Crippen LogP contribution in [0.15, 0.2) is 0 Å². The van der Waals surface area contributed by atoms with Gasteiger partial charge < -0.3 is 10.1 Å². The van der Waals surface area contributed by atoms with Crippen LogP contribution >= 0.6 is 0 Å². The molecule has 4 nitrogen and oxygen atoms in total. The molecule has 0 atom stereocenters. The van der Waals surface area contributed by atoms with E-state index in [0.717, 1.165) is 0 Å². The van der Waals surface area contributed by atoms with Crippen molar-refractivity contribution in [3.8, 4) is 0 Å². The molecule has 0 heterocycles. The number of hydrogen-bond donors (Lipinski definition) is 1. The Morgan fingerprint density at radius 2 is 2.00 bits per heavy atom. The molecular weight excluding hydrogens is 218 g/mol. The number of amides is 1. The predicted molar refractivity (Wildman–Crippen MR) is 65.5 cm³/mol. The van der Waals surface area contributed by atoms with E-state index in [0.29, 0.717) is 38.3 Å². The van der Waals surface area contributed by atoms with Gasteiger partial charge in [0, 0.05) is 19.4 Å². The molecule has 0 aliphatic heterocycles. The van der Waals surface area contributed by atoms with Crippen LogP contribution in [0.3, 0.4) is 0 Å². The summed E-state index contributed by atoms with van der Waals surface area (Å²) in [7, 11) is 0. The van der Waals surface area contributed by atoms with E-state index >= 15 is 0 Å². The van der Waals surface area contributed by atoms with Crippen molar-refractivity contribution in [1.29, 1.82) is 0 Å². The van der Waals surface area contributed by atoms with Crippen LogP contribution in [0.5, 0.6) is 0 Å². The van der Waals surface area contributed by atoms with Crippen LogP contribution in [-0.4, -0.2) is 25.0 Å². The average molecular weight is 241 g/mol. The summed E-state index contributed by atoms with van der Waals surface area (Å²) in [4.78, 5) is 22.6. The summed E-state index contributed by atoms with van der Waals surface area (Å²) >= 11 is 0. The zero-order chi connectivity index (χ0) is 12.5. The van der Waals surface area contributed by atoms with Gasteiger partial charge in [-0.2, -0.15) is 0 Å². The maximum absolute atomic E-state index is 11.5. The lowest BCUT2D eigenvalue weighted by atomic mass is 10.0. The zero-order valence-corrected chi connectivity index (χ0v) is 10.7. The number of hydrogen-bond acceptors (Lipinski definition) is 3. The second-order valence-corrected chi connectivity index (χ2v) is 4.61. The van der Waals surface area contributed by atoms with Crippen molar-refractivity contribution in [2.45, 2.75) is 51.9 Å². The Morgan fingerprint density at radius 3 is 2.65 bits per heavy atom. The Labute approximate surface area is 103 Å². The maximum Gasteiger partial charge on any atom is 0.305 e. The van der Waals surface area contributed by atoms with Crippen molar-refractivity contribution in [3.63, 3.8) is 0 Å². The lowest BCUT2D eigenvalue weighted by Crippen LogP contribution is -2.26. The Balaban J connectivity index is 1.98. The number of esters is 1. The van der Waals surface area contributed by atoms with E-state index in [2.05, 4.69) is 5.32 Å². The number of ether oxygens (including phenoxy) is 1. The molecule has 0 aromatic heterocycles. The molecule has 17 heavy (non-hydrogen) atoms. The molecule has 0 aromatic carbocycles. The first-order valence-corrected chi connectivity index (χ1v) is 6.64. The Bertz CT molecular complexity index is 247. The topological polar surface area (TPSA) is 55.4 Å². The number of carbonyl (C=O) groups excluding carboxylic acids is 2. The highest BCUT2D eigenvalue weighted by atomic mass is 16.5.